The monoisotopic (exact) mass is 260 g/mol. The van der Waals surface area contributed by atoms with Crippen molar-refractivity contribution in [2.45, 2.75) is 65.8 Å². The van der Waals surface area contributed by atoms with Gasteiger partial charge in [-0.1, -0.05) is 47.0 Å². The Morgan fingerprint density at radius 1 is 1.06 bits per heavy atom. The average Bonchev–Trinajstić information content (AvgIpc) is 2.37. The molecular formula is C15H32O3. The van der Waals surface area contributed by atoms with E-state index in [4.69, 9.17) is 14.2 Å². The maximum Gasteiger partial charge on any atom is 0.281 e. The van der Waals surface area contributed by atoms with Gasteiger partial charge in [0, 0.05) is 27.8 Å². The van der Waals surface area contributed by atoms with Crippen molar-refractivity contribution in [2.24, 2.45) is 11.3 Å². The summed E-state index contributed by atoms with van der Waals surface area (Å²) < 4.78 is 14.8. The second-order valence-corrected chi connectivity index (χ2v) is 5.78. The fourth-order valence-corrected chi connectivity index (χ4v) is 2.35. The lowest BCUT2D eigenvalue weighted by molar-refractivity contribution is -0.352. The van der Waals surface area contributed by atoms with Crippen molar-refractivity contribution in [3.8, 4) is 0 Å². The van der Waals surface area contributed by atoms with Crippen molar-refractivity contribution in [1.29, 1.82) is 0 Å². The second-order valence-electron chi connectivity index (χ2n) is 5.78. The summed E-state index contributed by atoms with van der Waals surface area (Å²) in [6.07, 6.45) is 6.49. The Morgan fingerprint density at radius 3 is 1.72 bits per heavy atom. The highest BCUT2D eigenvalue weighted by Gasteiger charge is 2.28. The Hall–Kier alpha value is -0.120. The van der Waals surface area contributed by atoms with Gasteiger partial charge in [-0.05, 0) is 17.8 Å². The molecular weight excluding hydrogens is 228 g/mol. The Balaban J connectivity index is 0.000000321. The molecule has 0 aromatic rings. The van der Waals surface area contributed by atoms with Gasteiger partial charge >= 0.3 is 0 Å². The largest absolute Gasteiger partial charge is 0.331 e. The molecule has 0 radical (unpaired) electrons. The van der Waals surface area contributed by atoms with E-state index in [9.17, 15) is 0 Å². The van der Waals surface area contributed by atoms with Crippen molar-refractivity contribution in [3.63, 3.8) is 0 Å². The summed E-state index contributed by atoms with van der Waals surface area (Å²) in [7, 11) is 4.66. The van der Waals surface area contributed by atoms with Crippen molar-refractivity contribution < 1.29 is 14.2 Å². The molecule has 0 heterocycles. The number of hydrogen-bond donors (Lipinski definition) is 0. The molecule has 1 aliphatic rings. The highest BCUT2D eigenvalue weighted by molar-refractivity contribution is 4.79. The van der Waals surface area contributed by atoms with Crippen LogP contribution in [0, 0.1) is 11.3 Å². The number of rotatable bonds is 4. The molecule has 0 aromatic carbocycles. The Bertz CT molecular complexity index is 192. The topological polar surface area (TPSA) is 27.7 Å². The number of hydrogen-bond acceptors (Lipinski definition) is 3. The summed E-state index contributed by atoms with van der Waals surface area (Å²) in [5.41, 5.74) is 0.637. The predicted octanol–water partition coefficient (Wildman–Crippen LogP) is 4.21. The van der Waals surface area contributed by atoms with Crippen molar-refractivity contribution in [1.82, 2.24) is 0 Å². The van der Waals surface area contributed by atoms with Gasteiger partial charge in [0.25, 0.3) is 5.97 Å². The third-order valence-corrected chi connectivity index (χ3v) is 4.41. The SMILES string of the molecule is CC1CCCCC1(C)C.CCC(OC)(OC)OC. The standard InChI is InChI=1S/C9H18.C6H14O3/c1-8-6-4-5-7-9(8,2)3;1-5-6(7-2,8-3)9-4/h8H,4-7H2,1-3H3;5H2,1-4H3. The van der Waals surface area contributed by atoms with Crippen LogP contribution in [-0.2, 0) is 14.2 Å². The Labute approximate surface area is 113 Å². The van der Waals surface area contributed by atoms with Crippen LogP contribution >= 0.6 is 0 Å². The smallest absolute Gasteiger partial charge is 0.281 e. The normalized spacial score (nSPS) is 23.2. The summed E-state index contributed by atoms with van der Waals surface area (Å²) in [6, 6.07) is 0. The van der Waals surface area contributed by atoms with E-state index in [0.29, 0.717) is 11.8 Å². The maximum absolute atomic E-state index is 4.94. The van der Waals surface area contributed by atoms with Crippen LogP contribution in [0.2, 0.25) is 0 Å². The van der Waals surface area contributed by atoms with Crippen molar-refractivity contribution >= 4 is 0 Å². The van der Waals surface area contributed by atoms with Gasteiger partial charge in [-0.2, -0.15) is 0 Å². The van der Waals surface area contributed by atoms with Crippen molar-refractivity contribution in [3.05, 3.63) is 0 Å². The first-order valence-corrected chi connectivity index (χ1v) is 7.03. The van der Waals surface area contributed by atoms with Crippen LogP contribution in [0.25, 0.3) is 0 Å². The molecule has 1 saturated carbocycles. The first-order chi connectivity index (χ1) is 8.37. The first kappa shape index (κ1) is 17.9. The van der Waals surface area contributed by atoms with E-state index in [2.05, 4.69) is 20.8 Å². The minimum absolute atomic E-state index is 0.637. The molecule has 18 heavy (non-hydrogen) atoms. The predicted molar refractivity (Wildman–Crippen MR) is 75.5 cm³/mol. The van der Waals surface area contributed by atoms with E-state index in [0.717, 1.165) is 5.92 Å². The van der Waals surface area contributed by atoms with E-state index in [-0.39, 0.29) is 0 Å². The van der Waals surface area contributed by atoms with E-state index in [1.165, 1.54) is 25.7 Å². The molecule has 3 heteroatoms. The molecule has 0 bridgehead atoms. The Morgan fingerprint density at radius 2 is 1.56 bits per heavy atom. The molecule has 0 saturated heterocycles. The zero-order chi connectivity index (χ0) is 14.2. The van der Waals surface area contributed by atoms with E-state index < -0.39 is 5.97 Å². The van der Waals surface area contributed by atoms with Gasteiger partial charge in [0.2, 0.25) is 0 Å². The van der Waals surface area contributed by atoms with Crippen LogP contribution in [0.5, 0.6) is 0 Å². The molecule has 0 amide bonds. The van der Waals surface area contributed by atoms with Gasteiger partial charge in [-0.3, -0.25) is 0 Å². The van der Waals surface area contributed by atoms with Crippen LogP contribution in [0.1, 0.15) is 59.8 Å². The molecule has 1 fully saturated rings. The van der Waals surface area contributed by atoms with Gasteiger partial charge in [-0.15, -0.1) is 0 Å². The molecule has 1 aliphatic carbocycles. The molecule has 110 valence electrons. The maximum atomic E-state index is 4.94. The summed E-state index contributed by atoms with van der Waals surface area (Å²) in [6.45, 7) is 9.11. The Kier molecular flexibility index (Phi) is 8.08. The van der Waals surface area contributed by atoms with Crippen LogP contribution in [0.3, 0.4) is 0 Å². The first-order valence-electron chi connectivity index (χ1n) is 7.03. The highest BCUT2D eigenvalue weighted by Crippen LogP contribution is 2.39. The van der Waals surface area contributed by atoms with Crippen LogP contribution in [0.15, 0.2) is 0 Å². The molecule has 1 atom stereocenters. The number of methoxy groups -OCH3 is 3. The average molecular weight is 260 g/mol. The van der Waals surface area contributed by atoms with Crippen LogP contribution in [-0.4, -0.2) is 27.3 Å². The van der Waals surface area contributed by atoms with Gasteiger partial charge in [-0.25, -0.2) is 0 Å². The third kappa shape index (κ3) is 5.25. The van der Waals surface area contributed by atoms with Gasteiger partial charge in [0.05, 0.1) is 0 Å². The van der Waals surface area contributed by atoms with Crippen LogP contribution < -0.4 is 0 Å². The van der Waals surface area contributed by atoms with Gasteiger partial charge in [0.1, 0.15) is 0 Å². The second kappa shape index (κ2) is 8.13. The summed E-state index contributed by atoms with van der Waals surface area (Å²) in [4.78, 5) is 0. The van der Waals surface area contributed by atoms with Gasteiger partial charge < -0.3 is 14.2 Å². The van der Waals surface area contributed by atoms with E-state index >= 15 is 0 Å². The number of ether oxygens (including phenoxy) is 3. The lowest BCUT2D eigenvalue weighted by atomic mass is 9.70. The lowest BCUT2D eigenvalue weighted by Crippen LogP contribution is -2.34. The summed E-state index contributed by atoms with van der Waals surface area (Å²) in [5.74, 6) is 0.117. The molecule has 0 spiro atoms. The van der Waals surface area contributed by atoms with Gasteiger partial charge in [0.15, 0.2) is 0 Å². The highest BCUT2D eigenvalue weighted by atomic mass is 16.9. The van der Waals surface area contributed by atoms with Crippen LogP contribution in [0.4, 0.5) is 0 Å². The molecule has 3 nitrogen and oxygen atoms in total. The lowest BCUT2D eigenvalue weighted by Gasteiger charge is -2.36. The molecule has 0 aromatic heterocycles. The van der Waals surface area contributed by atoms with E-state index in [1.807, 2.05) is 6.92 Å². The molecule has 0 N–H and O–H groups in total. The molecule has 1 unspecified atom stereocenters. The minimum Gasteiger partial charge on any atom is -0.331 e. The zero-order valence-electron chi connectivity index (χ0n) is 13.3. The zero-order valence-corrected chi connectivity index (χ0v) is 13.3. The van der Waals surface area contributed by atoms with E-state index in [1.54, 1.807) is 21.3 Å². The molecule has 1 rings (SSSR count). The van der Waals surface area contributed by atoms with Crippen molar-refractivity contribution in [2.75, 3.05) is 21.3 Å². The molecule has 0 aliphatic heterocycles. The quantitative estimate of drug-likeness (QED) is 0.709. The summed E-state index contributed by atoms with van der Waals surface area (Å²) in [5, 5.41) is 0. The summed E-state index contributed by atoms with van der Waals surface area (Å²) >= 11 is 0. The fraction of sp³-hybridized carbons (Fsp3) is 1.00. The minimum atomic E-state index is -0.833. The third-order valence-electron chi connectivity index (χ3n) is 4.41. The fourth-order valence-electron chi connectivity index (χ4n) is 2.35.